The van der Waals surface area contributed by atoms with Crippen molar-refractivity contribution in [3.8, 4) is 0 Å². The molecular formula is C27H33Cl2NO6S. The lowest BCUT2D eigenvalue weighted by Gasteiger charge is -2.49. The van der Waals surface area contributed by atoms with Gasteiger partial charge in [-0.2, -0.15) is 0 Å². The van der Waals surface area contributed by atoms with Crippen LogP contribution in [0.3, 0.4) is 0 Å². The molecule has 10 heteroatoms. The van der Waals surface area contributed by atoms with Gasteiger partial charge in [0.1, 0.15) is 12.2 Å². The van der Waals surface area contributed by atoms with Gasteiger partial charge in [-0.1, -0.05) is 61.3 Å². The topological polar surface area (TPSA) is 101 Å². The molecule has 202 valence electrons. The predicted molar refractivity (Wildman–Crippen MR) is 145 cm³/mol. The smallest absolute Gasteiger partial charge is 0.306 e. The van der Waals surface area contributed by atoms with E-state index in [-0.39, 0.29) is 11.7 Å². The maximum Gasteiger partial charge on any atom is 0.306 e. The summed E-state index contributed by atoms with van der Waals surface area (Å²) in [6, 6.07) is 12.4. The molecule has 1 N–H and O–H groups in total. The third-order valence-corrected chi connectivity index (χ3v) is 9.76. The van der Waals surface area contributed by atoms with Crippen LogP contribution in [-0.4, -0.2) is 52.9 Å². The molecule has 2 aromatic carbocycles. The van der Waals surface area contributed by atoms with E-state index in [4.69, 9.17) is 27.9 Å². The Bertz CT molecular complexity index is 1240. The minimum Gasteiger partial charge on any atom is -0.481 e. The summed E-state index contributed by atoms with van der Waals surface area (Å²) in [4.78, 5) is 27.1. The van der Waals surface area contributed by atoms with Gasteiger partial charge in [0.15, 0.2) is 9.84 Å². The van der Waals surface area contributed by atoms with Crippen LogP contribution in [0.25, 0.3) is 0 Å². The molecule has 3 rings (SSSR count). The number of aliphatic carboxylic acids is 1. The van der Waals surface area contributed by atoms with Crippen molar-refractivity contribution in [3.05, 3.63) is 69.7 Å². The first-order valence-corrected chi connectivity index (χ1v) is 14.5. The number of nitrogens with zero attached hydrogens (tertiary/aromatic N) is 1. The highest BCUT2D eigenvalue weighted by atomic mass is 35.5. The van der Waals surface area contributed by atoms with E-state index < -0.39 is 57.2 Å². The van der Waals surface area contributed by atoms with E-state index in [1.54, 1.807) is 69.3 Å². The van der Waals surface area contributed by atoms with E-state index in [0.29, 0.717) is 21.2 Å². The van der Waals surface area contributed by atoms with Crippen molar-refractivity contribution >= 4 is 44.9 Å². The molecule has 0 saturated carbocycles. The summed E-state index contributed by atoms with van der Waals surface area (Å²) in [5, 5.41) is 10.5. The number of carbonyl (C=O) groups excluding carboxylic acids is 1. The average molecular weight is 571 g/mol. The van der Waals surface area contributed by atoms with E-state index in [2.05, 4.69) is 0 Å². The molecule has 37 heavy (non-hydrogen) atoms. The van der Waals surface area contributed by atoms with Gasteiger partial charge in [-0.25, -0.2) is 8.42 Å². The van der Waals surface area contributed by atoms with Crippen LogP contribution in [-0.2, 0) is 24.2 Å². The largest absolute Gasteiger partial charge is 0.481 e. The number of rotatable bonds is 8. The van der Waals surface area contributed by atoms with Crippen LogP contribution >= 0.6 is 23.2 Å². The number of sulfone groups is 1. The second kappa shape index (κ2) is 11.3. The van der Waals surface area contributed by atoms with Crippen LogP contribution in [0.15, 0.2) is 48.5 Å². The number of hydrogen-bond acceptors (Lipinski definition) is 5. The molecule has 2 unspecified atom stereocenters. The second-order valence-corrected chi connectivity index (χ2v) is 14.3. The molecule has 0 aromatic heterocycles. The standard InChI is InChI=1S/C27H33Cl2NO6S/c1-16(2)21(15-37(34,35)27(3,4)5)30-24(17-9-11-19(28)12-10-17)25(18-7-6-8-20(29)13-18)36-22(26(30)33)14-23(31)32/h6-13,16,21-22,24-25H,14-15H2,1-5H3,(H,31,32)/t21-,22-,24?,25?/m0/s1. The highest BCUT2D eigenvalue weighted by Gasteiger charge is 2.49. The van der Waals surface area contributed by atoms with Crippen molar-refractivity contribution in [2.75, 3.05) is 5.75 Å². The van der Waals surface area contributed by atoms with E-state index >= 15 is 0 Å². The average Bonchev–Trinajstić information content (AvgIpc) is 2.78. The third-order valence-electron chi connectivity index (χ3n) is 6.63. The van der Waals surface area contributed by atoms with Gasteiger partial charge >= 0.3 is 5.97 Å². The zero-order valence-electron chi connectivity index (χ0n) is 21.5. The SMILES string of the molecule is CC(C)[C@H](CS(=O)(=O)C(C)(C)C)N1C(=O)[C@H](CC(=O)O)OC(c2cccc(Cl)c2)C1c1ccc(Cl)cc1. The number of hydrogen-bond donors (Lipinski definition) is 1. The first kappa shape index (κ1) is 29.4. The Morgan fingerprint density at radius 3 is 2.19 bits per heavy atom. The number of carbonyl (C=O) groups is 2. The summed E-state index contributed by atoms with van der Waals surface area (Å²) in [7, 11) is -3.65. The maximum atomic E-state index is 13.9. The number of morpholine rings is 1. The predicted octanol–water partition coefficient (Wildman–Crippen LogP) is 5.72. The lowest BCUT2D eigenvalue weighted by Crippen LogP contribution is -2.58. The van der Waals surface area contributed by atoms with Crippen LogP contribution in [0.5, 0.6) is 0 Å². The molecule has 1 aliphatic heterocycles. The van der Waals surface area contributed by atoms with Gasteiger partial charge in [-0.15, -0.1) is 0 Å². The highest BCUT2D eigenvalue weighted by molar-refractivity contribution is 7.92. The van der Waals surface area contributed by atoms with Crippen molar-refractivity contribution in [2.45, 2.75) is 70.1 Å². The van der Waals surface area contributed by atoms with Gasteiger partial charge in [0.25, 0.3) is 5.91 Å². The first-order valence-electron chi connectivity index (χ1n) is 12.0. The Balaban J connectivity index is 2.26. The summed E-state index contributed by atoms with van der Waals surface area (Å²) in [5.74, 6) is -2.31. The first-order chi connectivity index (χ1) is 17.1. The molecular weight excluding hydrogens is 537 g/mol. The van der Waals surface area contributed by atoms with Gasteiger partial charge in [0.2, 0.25) is 0 Å². The van der Waals surface area contributed by atoms with Crippen molar-refractivity contribution in [3.63, 3.8) is 0 Å². The van der Waals surface area contributed by atoms with Crippen molar-refractivity contribution in [1.29, 1.82) is 0 Å². The monoisotopic (exact) mass is 569 g/mol. The summed E-state index contributed by atoms with van der Waals surface area (Å²) in [6.45, 7) is 8.58. The number of amides is 1. The maximum absolute atomic E-state index is 13.9. The van der Waals surface area contributed by atoms with Crippen LogP contribution < -0.4 is 0 Å². The molecule has 1 aliphatic rings. The van der Waals surface area contributed by atoms with Crippen molar-refractivity contribution < 1.29 is 27.9 Å². The van der Waals surface area contributed by atoms with E-state index in [9.17, 15) is 23.1 Å². The quantitative estimate of drug-likeness (QED) is 0.436. The lowest BCUT2D eigenvalue weighted by molar-refractivity contribution is -0.184. The minimum atomic E-state index is -3.65. The van der Waals surface area contributed by atoms with Gasteiger partial charge in [-0.3, -0.25) is 9.59 Å². The Labute approximate surface area is 228 Å². The van der Waals surface area contributed by atoms with Crippen LogP contribution in [0.1, 0.15) is 64.3 Å². The van der Waals surface area contributed by atoms with Crippen LogP contribution in [0.2, 0.25) is 10.0 Å². The number of carboxylic acid groups (broad SMARTS) is 1. The van der Waals surface area contributed by atoms with E-state index in [1.165, 1.54) is 4.90 Å². The third kappa shape index (κ3) is 6.66. The molecule has 1 amide bonds. The number of ether oxygens (including phenoxy) is 1. The molecule has 0 radical (unpaired) electrons. The normalized spacial score (nSPS) is 21.8. The molecule has 0 aliphatic carbocycles. The molecule has 1 saturated heterocycles. The number of carboxylic acids is 1. The van der Waals surface area contributed by atoms with Gasteiger partial charge in [0.05, 0.1) is 23.0 Å². The fraction of sp³-hybridized carbons (Fsp3) is 0.481. The fourth-order valence-electron chi connectivity index (χ4n) is 4.43. The zero-order chi connectivity index (χ0) is 27.7. The summed E-state index contributed by atoms with van der Waals surface area (Å²) in [6.07, 6.45) is -2.67. The van der Waals surface area contributed by atoms with Gasteiger partial charge in [0, 0.05) is 16.1 Å². The Kier molecular flexibility index (Phi) is 9.00. The fourth-order valence-corrected chi connectivity index (χ4v) is 6.25. The molecule has 1 heterocycles. The summed E-state index contributed by atoms with van der Waals surface area (Å²) in [5.41, 5.74) is 1.32. The molecule has 1 fully saturated rings. The molecule has 2 aromatic rings. The van der Waals surface area contributed by atoms with Gasteiger partial charge < -0.3 is 14.7 Å². The molecule has 0 spiro atoms. The van der Waals surface area contributed by atoms with Crippen LogP contribution in [0, 0.1) is 5.92 Å². The van der Waals surface area contributed by atoms with Crippen molar-refractivity contribution in [1.82, 2.24) is 4.90 Å². The zero-order valence-corrected chi connectivity index (χ0v) is 23.8. The lowest BCUT2D eigenvalue weighted by atomic mass is 9.88. The van der Waals surface area contributed by atoms with Crippen LogP contribution in [0.4, 0.5) is 0 Å². The van der Waals surface area contributed by atoms with E-state index in [0.717, 1.165) is 0 Å². The summed E-state index contributed by atoms with van der Waals surface area (Å²) >= 11 is 12.4. The summed E-state index contributed by atoms with van der Waals surface area (Å²) < 4.78 is 31.9. The van der Waals surface area contributed by atoms with E-state index in [1.807, 2.05) is 13.8 Å². The number of benzene rings is 2. The molecule has 7 nitrogen and oxygen atoms in total. The Morgan fingerprint density at radius 1 is 1.05 bits per heavy atom. The van der Waals surface area contributed by atoms with Crippen molar-refractivity contribution in [2.24, 2.45) is 5.92 Å². The Morgan fingerprint density at radius 2 is 1.68 bits per heavy atom. The van der Waals surface area contributed by atoms with Gasteiger partial charge in [-0.05, 0) is 62.1 Å². The Hall–Kier alpha value is -2.13. The highest BCUT2D eigenvalue weighted by Crippen LogP contribution is 2.45. The minimum absolute atomic E-state index is 0.264. The second-order valence-electron chi connectivity index (χ2n) is 10.6. The molecule has 0 bridgehead atoms. The number of halogens is 2. The molecule has 4 atom stereocenters.